The van der Waals surface area contributed by atoms with Crippen molar-refractivity contribution in [2.75, 3.05) is 18.4 Å². The van der Waals surface area contributed by atoms with Gasteiger partial charge in [0.25, 0.3) is 0 Å². The van der Waals surface area contributed by atoms with Gasteiger partial charge in [-0.3, -0.25) is 4.68 Å². The average Bonchev–Trinajstić information content (AvgIpc) is 3.54. The Morgan fingerprint density at radius 1 is 1.00 bits per heavy atom. The molecule has 5 rings (SSSR count). The SMILES string of the molecule is Cn1ncc(-c2nc(N[C@H]3CC[C@H](NC4CCNCC4)CC3)ncc2Cl)c1CC1CC1. The van der Waals surface area contributed by atoms with Crippen molar-refractivity contribution in [1.82, 2.24) is 30.4 Å². The van der Waals surface area contributed by atoms with Crippen LogP contribution in [0.4, 0.5) is 5.95 Å². The Morgan fingerprint density at radius 3 is 2.45 bits per heavy atom. The standard InChI is InChI=1S/C23H34ClN7/c1-31-21(12-15-2-3-15)19(13-27-31)22-20(24)14-26-23(30-22)29-17-6-4-16(5-7-17)28-18-8-10-25-11-9-18/h13-18,25,28H,2-12H2,1H3,(H,26,29,30)/t16-,17-. The zero-order valence-corrected chi connectivity index (χ0v) is 19.2. The molecule has 0 aromatic carbocycles. The Labute approximate surface area is 189 Å². The summed E-state index contributed by atoms with van der Waals surface area (Å²) in [5.74, 6) is 1.46. The third-order valence-corrected chi connectivity index (χ3v) is 7.39. The molecule has 1 aliphatic heterocycles. The van der Waals surface area contributed by atoms with Gasteiger partial charge in [-0.05, 0) is 76.8 Å². The number of aromatic nitrogens is 4. The van der Waals surface area contributed by atoms with E-state index >= 15 is 0 Å². The second kappa shape index (κ2) is 9.43. The van der Waals surface area contributed by atoms with Gasteiger partial charge in [0.15, 0.2) is 0 Å². The first kappa shape index (κ1) is 21.2. The zero-order chi connectivity index (χ0) is 21.2. The summed E-state index contributed by atoms with van der Waals surface area (Å²) >= 11 is 6.52. The molecule has 7 nitrogen and oxygen atoms in total. The highest BCUT2D eigenvalue weighted by atomic mass is 35.5. The van der Waals surface area contributed by atoms with Crippen LogP contribution in [-0.4, -0.2) is 51.0 Å². The van der Waals surface area contributed by atoms with Crippen molar-refractivity contribution < 1.29 is 0 Å². The number of rotatable bonds is 7. The summed E-state index contributed by atoms with van der Waals surface area (Å²) in [6.07, 6.45) is 14.5. The van der Waals surface area contributed by atoms with Crippen molar-refractivity contribution in [3.05, 3.63) is 23.1 Å². The molecule has 8 heteroatoms. The maximum absolute atomic E-state index is 6.52. The third kappa shape index (κ3) is 5.21. The number of hydrogen-bond acceptors (Lipinski definition) is 6. The highest BCUT2D eigenvalue weighted by Crippen LogP contribution is 2.37. The Kier molecular flexibility index (Phi) is 6.44. The molecule has 3 heterocycles. The van der Waals surface area contributed by atoms with E-state index < -0.39 is 0 Å². The van der Waals surface area contributed by atoms with Crippen molar-refractivity contribution in [2.45, 2.75) is 75.9 Å². The van der Waals surface area contributed by atoms with Crippen molar-refractivity contribution >= 4 is 17.5 Å². The summed E-state index contributed by atoms with van der Waals surface area (Å²) in [5.41, 5.74) is 3.06. The molecule has 3 aliphatic rings. The minimum absolute atomic E-state index is 0.417. The Bertz CT molecular complexity index is 880. The lowest BCUT2D eigenvalue weighted by Gasteiger charge is -2.34. The molecule has 0 spiro atoms. The average molecular weight is 444 g/mol. The number of halogens is 1. The van der Waals surface area contributed by atoms with Crippen LogP contribution >= 0.6 is 11.6 Å². The lowest BCUT2D eigenvalue weighted by Crippen LogP contribution is -2.46. The second-order valence-electron chi connectivity index (χ2n) is 9.55. The fraction of sp³-hybridized carbons (Fsp3) is 0.696. The molecule has 31 heavy (non-hydrogen) atoms. The predicted molar refractivity (Wildman–Crippen MR) is 124 cm³/mol. The van der Waals surface area contributed by atoms with Gasteiger partial charge in [-0.1, -0.05) is 11.6 Å². The monoisotopic (exact) mass is 443 g/mol. The van der Waals surface area contributed by atoms with E-state index in [1.54, 1.807) is 6.20 Å². The minimum atomic E-state index is 0.417. The van der Waals surface area contributed by atoms with Crippen molar-refractivity contribution in [1.29, 1.82) is 0 Å². The van der Waals surface area contributed by atoms with Gasteiger partial charge in [0.1, 0.15) is 0 Å². The number of aryl methyl sites for hydroxylation is 1. The predicted octanol–water partition coefficient (Wildman–Crippen LogP) is 3.55. The normalized spacial score (nSPS) is 25.0. The van der Waals surface area contributed by atoms with Crippen molar-refractivity contribution in [2.24, 2.45) is 13.0 Å². The van der Waals surface area contributed by atoms with E-state index in [2.05, 4.69) is 26.0 Å². The van der Waals surface area contributed by atoms with E-state index in [9.17, 15) is 0 Å². The molecular formula is C23H34ClN7. The smallest absolute Gasteiger partial charge is 0.223 e. The summed E-state index contributed by atoms with van der Waals surface area (Å²) in [6.45, 7) is 2.29. The maximum Gasteiger partial charge on any atom is 0.223 e. The number of nitrogens with zero attached hydrogens (tertiary/aromatic N) is 4. The summed E-state index contributed by atoms with van der Waals surface area (Å²) in [6, 6.07) is 1.74. The first-order valence-corrected chi connectivity index (χ1v) is 12.3. The molecule has 0 amide bonds. The molecule has 2 aliphatic carbocycles. The molecule has 1 saturated heterocycles. The molecule has 2 aromatic heterocycles. The fourth-order valence-corrected chi connectivity index (χ4v) is 5.23. The number of hydrogen-bond donors (Lipinski definition) is 3. The van der Waals surface area contributed by atoms with Crippen LogP contribution in [0.2, 0.25) is 5.02 Å². The van der Waals surface area contributed by atoms with E-state index in [1.165, 1.54) is 44.2 Å². The molecule has 0 unspecified atom stereocenters. The molecular weight excluding hydrogens is 410 g/mol. The van der Waals surface area contributed by atoms with Crippen molar-refractivity contribution in [3.63, 3.8) is 0 Å². The largest absolute Gasteiger partial charge is 0.351 e. The molecule has 3 fully saturated rings. The topological polar surface area (TPSA) is 79.7 Å². The van der Waals surface area contributed by atoms with Crippen LogP contribution in [-0.2, 0) is 13.5 Å². The molecule has 2 aromatic rings. The summed E-state index contributed by atoms with van der Waals surface area (Å²) < 4.78 is 1.97. The maximum atomic E-state index is 6.52. The molecule has 3 N–H and O–H groups in total. The molecule has 0 radical (unpaired) electrons. The van der Waals surface area contributed by atoms with Crippen molar-refractivity contribution in [3.8, 4) is 11.3 Å². The van der Waals surface area contributed by atoms with E-state index in [-0.39, 0.29) is 0 Å². The fourth-order valence-electron chi connectivity index (χ4n) is 5.03. The van der Waals surface area contributed by atoms with Crippen LogP contribution in [0, 0.1) is 5.92 Å². The van der Waals surface area contributed by atoms with Gasteiger partial charge in [-0.25, -0.2) is 9.97 Å². The first-order chi connectivity index (χ1) is 15.2. The van der Waals surface area contributed by atoms with Crippen LogP contribution in [0.1, 0.15) is 57.1 Å². The zero-order valence-electron chi connectivity index (χ0n) is 18.4. The van der Waals surface area contributed by atoms with E-state index in [4.69, 9.17) is 16.6 Å². The van der Waals surface area contributed by atoms with Crippen LogP contribution < -0.4 is 16.0 Å². The quantitative estimate of drug-likeness (QED) is 0.607. The Hall–Kier alpha value is -1.70. The lowest BCUT2D eigenvalue weighted by molar-refractivity contribution is 0.289. The van der Waals surface area contributed by atoms with Crippen LogP contribution in [0.5, 0.6) is 0 Å². The summed E-state index contributed by atoms with van der Waals surface area (Å²) in [5, 5.41) is 16.0. The number of nitrogens with one attached hydrogen (secondary N) is 3. The molecule has 168 valence electrons. The van der Waals surface area contributed by atoms with E-state index in [1.807, 2.05) is 17.9 Å². The van der Waals surface area contributed by atoms with Crippen LogP contribution in [0.3, 0.4) is 0 Å². The van der Waals surface area contributed by atoms with Crippen LogP contribution in [0.25, 0.3) is 11.3 Å². The summed E-state index contributed by atoms with van der Waals surface area (Å²) in [4.78, 5) is 9.30. The second-order valence-corrected chi connectivity index (χ2v) is 9.96. The molecule has 2 saturated carbocycles. The molecule has 0 bridgehead atoms. The van der Waals surface area contributed by atoms with Gasteiger partial charge in [-0.2, -0.15) is 5.10 Å². The summed E-state index contributed by atoms with van der Waals surface area (Å²) in [7, 11) is 2.01. The van der Waals surface area contributed by atoms with Gasteiger partial charge >= 0.3 is 0 Å². The van der Waals surface area contributed by atoms with E-state index in [0.29, 0.717) is 29.1 Å². The van der Waals surface area contributed by atoms with Gasteiger partial charge in [-0.15, -0.1) is 0 Å². The highest BCUT2D eigenvalue weighted by molar-refractivity contribution is 6.32. The highest BCUT2D eigenvalue weighted by Gasteiger charge is 2.27. The van der Waals surface area contributed by atoms with E-state index in [0.717, 1.165) is 49.5 Å². The minimum Gasteiger partial charge on any atom is -0.351 e. The van der Waals surface area contributed by atoms with Gasteiger partial charge in [0.05, 0.1) is 23.1 Å². The number of anilines is 1. The van der Waals surface area contributed by atoms with Crippen LogP contribution in [0.15, 0.2) is 12.4 Å². The first-order valence-electron chi connectivity index (χ1n) is 11.9. The Morgan fingerprint density at radius 2 is 1.71 bits per heavy atom. The molecule has 0 atom stereocenters. The van der Waals surface area contributed by atoms with Gasteiger partial charge < -0.3 is 16.0 Å². The third-order valence-electron chi connectivity index (χ3n) is 7.11. The Balaban J connectivity index is 1.21. The number of piperidine rings is 1. The van der Waals surface area contributed by atoms with Gasteiger partial charge in [0, 0.05) is 36.4 Å². The lowest BCUT2D eigenvalue weighted by atomic mass is 9.90. The van der Waals surface area contributed by atoms with Gasteiger partial charge in [0.2, 0.25) is 5.95 Å².